The van der Waals surface area contributed by atoms with Gasteiger partial charge < -0.3 is 4.57 Å². The molecule has 0 saturated carbocycles. The zero-order chi connectivity index (χ0) is 20.5. The van der Waals surface area contributed by atoms with Crippen LogP contribution in [0, 0.1) is 0 Å². The second-order valence-electron chi connectivity index (χ2n) is 7.41. The van der Waals surface area contributed by atoms with Crippen molar-refractivity contribution in [3.8, 4) is 0 Å². The van der Waals surface area contributed by atoms with E-state index in [9.17, 15) is 18.4 Å². The predicted octanol–water partition coefficient (Wildman–Crippen LogP) is 2.70. The number of rotatable bonds is 5. The summed E-state index contributed by atoms with van der Waals surface area (Å²) in [4.78, 5) is 31.3. The van der Waals surface area contributed by atoms with Gasteiger partial charge in [0, 0.05) is 25.9 Å². The molecule has 1 atom stereocenters. The van der Waals surface area contributed by atoms with Gasteiger partial charge in [0.2, 0.25) is 5.56 Å². The summed E-state index contributed by atoms with van der Waals surface area (Å²) in [5, 5.41) is 0.347. The third kappa shape index (κ3) is 3.85. The van der Waals surface area contributed by atoms with E-state index < -0.39 is 18.5 Å². The fraction of sp³-hybridized carbons (Fsp3) is 0.381. The average Bonchev–Trinajstić information content (AvgIpc) is 3.14. The highest BCUT2D eigenvalue weighted by molar-refractivity contribution is 5.77. The quantitative estimate of drug-likeness (QED) is 0.661. The SMILES string of the molecule is Cn1cc(CN2CCCC2c2nc3ccccc3c(=O)n2CC(F)F)ccc1=O. The highest BCUT2D eigenvalue weighted by atomic mass is 19.3. The molecule has 1 saturated heterocycles. The minimum absolute atomic E-state index is 0.0892. The monoisotopic (exact) mass is 400 g/mol. The summed E-state index contributed by atoms with van der Waals surface area (Å²) in [6, 6.07) is 9.90. The number of aryl methyl sites for hydroxylation is 1. The van der Waals surface area contributed by atoms with Crippen LogP contribution in [0.1, 0.15) is 30.3 Å². The molecule has 0 bridgehead atoms. The molecule has 0 N–H and O–H groups in total. The summed E-state index contributed by atoms with van der Waals surface area (Å²) >= 11 is 0. The number of para-hydroxylation sites is 1. The van der Waals surface area contributed by atoms with E-state index in [1.54, 1.807) is 43.6 Å². The Kier molecular flexibility index (Phi) is 5.27. The molecule has 3 aromatic rings. The van der Waals surface area contributed by atoms with Gasteiger partial charge in [-0.15, -0.1) is 0 Å². The first kappa shape index (κ1) is 19.4. The maximum Gasteiger partial charge on any atom is 0.261 e. The first-order valence-electron chi connectivity index (χ1n) is 9.61. The average molecular weight is 400 g/mol. The maximum absolute atomic E-state index is 13.3. The Balaban J connectivity index is 1.76. The Morgan fingerprint density at radius 3 is 2.72 bits per heavy atom. The molecule has 1 aliphatic rings. The van der Waals surface area contributed by atoms with Gasteiger partial charge >= 0.3 is 0 Å². The smallest absolute Gasteiger partial charge is 0.261 e. The number of fused-ring (bicyclic) bond motifs is 1. The Morgan fingerprint density at radius 2 is 1.97 bits per heavy atom. The number of likely N-dealkylation sites (tertiary alicyclic amines) is 1. The first-order valence-corrected chi connectivity index (χ1v) is 9.61. The highest BCUT2D eigenvalue weighted by Gasteiger charge is 2.31. The Hall–Kier alpha value is -2.87. The van der Waals surface area contributed by atoms with Gasteiger partial charge in [0.1, 0.15) is 5.82 Å². The van der Waals surface area contributed by atoms with Gasteiger partial charge in [-0.05, 0) is 37.1 Å². The molecule has 0 amide bonds. The van der Waals surface area contributed by atoms with Crippen molar-refractivity contribution in [3.05, 3.63) is 74.7 Å². The van der Waals surface area contributed by atoms with Crippen LogP contribution in [0.3, 0.4) is 0 Å². The van der Waals surface area contributed by atoms with Crippen LogP contribution in [0.5, 0.6) is 0 Å². The predicted molar refractivity (Wildman–Crippen MR) is 106 cm³/mol. The van der Waals surface area contributed by atoms with Crippen molar-refractivity contribution in [1.29, 1.82) is 0 Å². The van der Waals surface area contributed by atoms with Crippen LogP contribution in [-0.4, -0.2) is 32.0 Å². The number of hydrogen-bond donors (Lipinski definition) is 0. The Morgan fingerprint density at radius 1 is 1.17 bits per heavy atom. The molecule has 1 unspecified atom stereocenters. The molecule has 8 heteroatoms. The minimum atomic E-state index is -2.65. The van der Waals surface area contributed by atoms with Gasteiger partial charge in [-0.3, -0.25) is 19.1 Å². The molecule has 152 valence electrons. The molecule has 0 radical (unpaired) electrons. The standard InChI is InChI=1S/C21H22F2N4O2/c1-25-11-14(8-9-19(25)28)12-26-10-4-7-17(26)20-24-16-6-3-2-5-15(16)21(29)27(20)13-18(22)23/h2-3,5-6,8-9,11,17-18H,4,7,10,12-13H2,1H3. The molecule has 1 fully saturated rings. The van der Waals surface area contributed by atoms with Crippen molar-refractivity contribution in [2.45, 2.75) is 38.4 Å². The van der Waals surface area contributed by atoms with Crippen LogP contribution in [0.25, 0.3) is 10.9 Å². The van der Waals surface area contributed by atoms with Gasteiger partial charge in [-0.2, -0.15) is 0 Å². The molecule has 29 heavy (non-hydrogen) atoms. The molecule has 0 spiro atoms. The summed E-state index contributed by atoms with van der Waals surface area (Å²) in [5.41, 5.74) is 0.947. The van der Waals surface area contributed by atoms with Crippen molar-refractivity contribution in [1.82, 2.24) is 19.0 Å². The number of nitrogens with zero attached hydrogens (tertiary/aromatic N) is 4. The third-order valence-electron chi connectivity index (χ3n) is 5.41. The number of pyridine rings is 1. The van der Waals surface area contributed by atoms with E-state index in [2.05, 4.69) is 9.88 Å². The fourth-order valence-corrected chi connectivity index (χ4v) is 4.04. The van der Waals surface area contributed by atoms with Gasteiger partial charge in [0.05, 0.1) is 23.5 Å². The molecule has 3 heterocycles. The number of halogens is 2. The second-order valence-corrected chi connectivity index (χ2v) is 7.41. The molecule has 4 rings (SSSR count). The van der Waals surface area contributed by atoms with Crippen molar-refractivity contribution in [3.63, 3.8) is 0 Å². The zero-order valence-corrected chi connectivity index (χ0v) is 16.1. The molecule has 0 aliphatic carbocycles. The number of aromatic nitrogens is 3. The van der Waals surface area contributed by atoms with E-state index in [-0.39, 0.29) is 11.6 Å². The van der Waals surface area contributed by atoms with Gasteiger partial charge in [-0.1, -0.05) is 18.2 Å². The molecule has 1 aromatic carbocycles. The molecule has 1 aliphatic heterocycles. The lowest BCUT2D eigenvalue weighted by atomic mass is 10.1. The van der Waals surface area contributed by atoms with Crippen LogP contribution in [-0.2, 0) is 20.1 Å². The van der Waals surface area contributed by atoms with E-state index in [1.807, 2.05) is 0 Å². The van der Waals surface area contributed by atoms with Crippen LogP contribution in [0.4, 0.5) is 8.78 Å². The van der Waals surface area contributed by atoms with E-state index >= 15 is 0 Å². The first-order chi connectivity index (χ1) is 13.9. The number of benzene rings is 1. The Labute approximate surface area is 166 Å². The van der Waals surface area contributed by atoms with Crippen molar-refractivity contribution >= 4 is 10.9 Å². The Bertz CT molecular complexity index is 1160. The van der Waals surface area contributed by atoms with Gasteiger partial charge in [0.25, 0.3) is 12.0 Å². The van der Waals surface area contributed by atoms with Crippen molar-refractivity contribution < 1.29 is 8.78 Å². The van der Waals surface area contributed by atoms with E-state index in [0.29, 0.717) is 23.3 Å². The largest absolute Gasteiger partial charge is 0.318 e. The van der Waals surface area contributed by atoms with E-state index in [0.717, 1.165) is 29.5 Å². The summed E-state index contributed by atoms with van der Waals surface area (Å²) < 4.78 is 29.2. The van der Waals surface area contributed by atoms with Crippen LogP contribution >= 0.6 is 0 Å². The lowest BCUT2D eigenvalue weighted by molar-refractivity contribution is 0.120. The zero-order valence-electron chi connectivity index (χ0n) is 16.1. The highest BCUT2D eigenvalue weighted by Crippen LogP contribution is 2.32. The van der Waals surface area contributed by atoms with Gasteiger partial charge in [0.15, 0.2) is 0 Å². The van der Waals surface area contributed by atoms with Crippen LogP contribution < -0.4 is 11.1 Å². The van der Waals surface area contributed by atoms with E-state index in [1.165, 1.54) is 10.6 Å². The van der Waals surface area contributed by atoms with Crippen LogP contribution in [0.2, 0.25) is 0 Å². The summed E-state index contributed by atoms with van der Waals surface area (Å²) in [6.45, 7) is 0.650. The van der Waals surface area contributed by atoms with Crippen molar-refractivity contribution in [2.24, 2.45) is 7.05 Å². The van der Waals surface area contributed by atoms with Crippen LogP contribution in [0.15, 0.2) is 52.2 Å². The molecular weight excluding hydrogens is 378 g/mol. The molecule has 2 aromatic heterocycles. The maximum atomic E-state index is 13.3. The lowest BCUT2D eigenvalue weighted by Crippen LogP contribution is -2.33. The summed E-state index contributed by atoms with van der Waals surface area (Å²) in [7, 11) is 1.69. The van der Waals surface area contributed by atoms with Gasteiger partial charge in [-0.25, -0.2) is 13.8 Å². The summed E-state index contributed by atoms with van der Waals surface area (Å²) in [5.74, 6) is 0.385. The number of alkyl halides is 2. The van der Waals surface area contributed by atoms with E-state index in [4.69, 9.17) is 0 Å². The lowest BCUT2D eigenvalue weighted by Gasteiger charge is -2.26. The third-order valence-corrected chi connectivity index (χ3v) is 5.41. The fourth-order valence-electron chi connectivity index (χ4n) is 4.04. The normalized spacial score (nSPS) is 17.4. The number of hydrogen-bond acceptors (Lipinski definition) is 4. The summed E-state index contributed by atoms with van der Waals surface area (Å²) in [6.07, 6.45) is 0.749. The molecular formula is C21H22F2N4O2. The molecule has 6 nitrogen and oxygen atoms in total. The second kappa shape index (κ2) is 7.87. The minimum Gasteiger partial charge on any atom is -0.318 e. The topological polar surface area (TPSA) is 60.1 Å². The van der Waals surface area contributed by atoms with Crippen molar-refractivity contribution in [2.75, 3.05) is 6.54 Å².